The van der Waals surface area contributed by atoms with Gasteiger partial charge in [0, 0.05) is 11.1 Å². The predicted molar refractivity (Wildman–Crippen MR) is 59.6 cm³/mol. The van der Waals surface area contributed by atoms with Crippen molar-refractivity contribution in [1.82, 2.24) is 0 Å². The van der Waals surface area contributed by atoms with Crippen LogP contribution in [0.4, 0.5) is 0 Å². The minimum atomic E-state index is 0.0973. The summed E-state index contributed by atoms with van der Waals surface area (Å²) in [5.41, 5.74) is 1.80. The molecule has 0 saturated carbocycles. The van der Waals surface area contributed by atoms with Crippen molar-refractivity contribution < 1.29 is 9.53 Å². The predicted octanol–water partition coefficient (Wildman–Crippen LogP) is 3.04. The van der Waals surface area contributed by atoms with Crippen molar-refractivity contribution in [1.29, 1.82) is 0 Å². The first-order valence-electron chi connectivity index (χ1n) is 5.22. The maximum absolute atomic E-state index is 11.1. The first kappa shape index (κ1) is 9.97. The Morgan fingerprint density at radius 1 is 1.27 bits per heavy atom. The van der Waals surface area contributed by atoms with Gasteiger partial charge in [-0.2, -0.15) is 0 Å². The zero-order valence-corrected chi connectivity index (χ0v) is 8.82. The third-order valence-electron chi connectivity index (χ3n) is 2.51. The summed E-state index contributed by atoms with van der Waals surface area (Å²) >= 11 is 0. The van der Waals surface area contributed by atoms with E-state index in [1.807, 2.05) is 24.3 Å². The molecule has 0 fully saturated rings. The van der Waals surface area contributed by atoms with E-state index in [2.05, 4.69) is 6.08 Å². The van der Waals surface area contributed by atoms with Crippen LogP contribution in [-0.2, 0) is 4.74 Å². The normalized spacial score (nSPS) is 15.4. The topological polar surface area (TPSA) is 26.3 Å². The van der Waals surface area contributed by atoms with Crippen LogP contribution < -0.4 is 0 Å². The van der Waals surface area contributed by atoms with Gasteiger partial charge in [0.05, 0.1) is 6.61 Å². The van der Waals surface area contributed by atoms with Crippen molar-refractivity contribution in [3.8, 4) is 0 Å². The fourth-order valence-corrected chi connectivity index (χ4v) is 1.63. The highest BCUT2D eigenvalue weighted by atomic mass is 16.5. The molecule has 0 aromatic heterocycles. The number of ether oxygens (including phenoxy) is 1. The van der Waals surface area contributed by atoms with Gasteiger partial charge in [0.15, 0.2) is 5.78 Å². The van der Waals surface area contributed by atoms with E-state index in [0.29, 0.717) is 0 Å². The van der Waals surface area contributed by atoms with Crippen LogP contribution in [0.2, 0.25) is 0 Å². The number of ketones is 1. The molecule has 78 valence electrons. The van der Waals surface area contributed by atoms with Crippen molar-refractivity contribution in [3.05, 3.63) is 41.5 Å². The minimum absolute atomic E-state index is 0.0973. The highest BCUT2D eigenvalue weighted by Crippen LogP contribution is 2.21. The van der Waals surface area contributed by atoms with Crippen molar-refractivity contribution in [2.24, 2.45) is 0 Å². The Bertz CT molecular complexity index is 388. The number of carbonyl (C=O) groups is 1. The van der Waals surface area contributed by atoms with Gasteiger partial charge in [0.2, 0.25) is 0 Å². The number of hydrogen-bond acceptors (Lipinski definition) is 2. The van der Waals surface area contributed by atoms with Gasteiger partial charge in [0.25, 0.3) is 0 Å². The summed E-state index contributed by atoms with van der Waals surface area (Å²) in [7, 11) is 0. The Balaban J connectivity index is 2.23. The summed E-state index contributed by atoms with van der Waals surface area (Å²) in [5, 5.41) is 0. The summed E-state index contributed by atoms with van der Waals surface area (Å²) in [6, 6.07) is 7.56. The highest BCUT2D eigenvalue weighted by Gasteiger charge is 2.07. The van der Waals surface area contributed by atoms with Gasteiger partial charge in [-0.1, -0.05) is 24.3 Å². The number of carbonyl (C=O) groups excluding carboxylic acids is 1. The summed E-state index contributed by atoms with van der Waals surface area (Å²) in [6.45, 7) is 2.37. The Hall–Kier alpha value is -1.57. The van der Waals surface area contributed by atoms with Gasteiger partial charge in [-0.25, -0.2) is 0 Å². The van der Waals surface area contributed by atoms with E-state index < -0.39 is 0 Å². The molecule has 15 heavy (non-hydrogen) atoms. The van der Waals surface area contributed by atoms with Crippen molar-refractivity contribution >= 4 is 11.5 Å². The summed E-state index contributed by atoms with van der Waals surface area (Å²) in [5.74, 6) is 1.04. The van der Waals surface area contributed by atoms with Gasteiger partial charge in [-0.05, 0) is 25.8 Å². The van der Waals surface area contributed by atoms with E-state index in [-0.39, 0.29) is 5.78 Å². The lowest BCUT2D eigenvalue weighted by atomic mass is 10.1. The largest absolute Gasteiger partial charge is 0.493 e. The van der Waals surface area contributed by atoms with E-state index in [0.717, 1.165) is 36.3 Å². The van der Waals surface area contributed by atoms with Crippen LogP contribution in [0.1, 0.15) is 35.7 Å². The van der Waals surface area contributed by atoms with Crippen LogP contribution in [0.5, 0.6) is 0 Å². The number of allylic oxidation sites excluding steroid dienone is 1. The van der Waals surface area contributed by atoms with E-state index in [1.165, 1.54) is 0 Å². The fourth-order valence-electron chi connectivity index (χ4n) is 1.63. The summed E-state index contributed by atoms with van der Waals surface area (Å²) in [4.78, 5) is 11.1. The number of hydrogen-bond donors (Lipinski definition) is 0. The highest BCUT2D eigenvalue weighted by molar-refractivity contribution is 5.94. The molecule has 1 aromatic carbocycles. The SMILES string of the molecule is CC(=O)c1ccc(C2=CCCCO2)cc1. The average Bonchev–Trinajstić information content (AvgIpc) is 2.30. The minimum Gasteiger partial charge on any atom is -0.493 e. The van der Waals surface area contributed by atoms with Crippen LogP contribution >= 0.6 is 0 Å². The van der Waals surface area contributed by atoms with Gasteiger partial charge in [0.1, 0.15) is 5.76 Å². The van der Waals surface area contributed by atoms with Gasteiger partial charge in [-0.15, -0.1) is 0 Å². The molecule has 1 aliphatic rings. The quantitative estimate of drug-likeness (QED) is 0.689. The third kappa shape index (κ3) is 2.27. The Kier molecular flexibility index (Phi) is 2.86. The third-order valence-corrected chi connectivity index (χ3v) is 2.51. The van der Waals surface area contributed by atoms with Gasteiger partial charge in [-0.3, -0.25) is 4.79 Å². The summed E-state index contributed by atoms with van der Waals surface area (Å²) in [6.07, 6.45) is 4.27. The average molecular weight is 202 g/mol. The molecule has 0 saturated heterocycles. The Morgan fingerprint density at radius 3 is 2.53 bits per heavy atom. The van der Waals surface area contributed by atoms with Crippen LogP contribution in [0.25, 0.3) is 5.76 Å². The number of rotatable bonds is 2. The number of Topliss-reactive ketones (excluding diaryl/α,β-unsaturated/α-hetero) is 1. The molecular weight excluding hydrogens is 188 g/mol. The lowest BCUT2D eigenvalue weighted by molar-refractivity contribution is 0.101. The van der Waals surface area contributed by atoms with E-state index >= 15 is 0 Å². The van der Waals surface area contributed by atoms with Crippen LogP contribution in [0.15, 0.2) is 30.3 Å². The molecule has 1 aliphatic heterocycles. The number of benzene rings is 1. The lowest BCUT2D eigenvalue weighted by Crippen LogP contribution is -2.00. The smallest absolute Gasteiger partial charge is 0.159 e. The second-order valence-corrected chi connectivity index (χ2v) is 3.69. The molecule has 0 atom stereocenters. The maximum atomic E-state index is 11.1. The Labute approximate surface area is 89.6 Å². The van der Waals surface area contributed by atoms with Crippen molar-refractivity contribution in [2.45, 2.75) is 19.8 Å². The molecule has 0 unspecified atom stereocenters. The molecule has 1 aromatic rings. The molecule has 2 heteroatoms. The standard InChI is InChI=1S/C13H14O2/c1-10(14)11-5-7-12(8-6-11)13-4-2-3-9-15-13/h4-8H,2-3,9H2,1H3. The monoisotopic (exact) mass is 202 g/mol. The van der Waals surface area contributed by atoms with E-state index in [4.69, 9.17) is 4.74 Å². The molecule has 0 bridgehead atoms. The van der Waals surface area contributed by atoms with Gasteiger partial charge >= 0.3 is 0 Å². The summed E-state index contributed by atoms with van der Waals surface area (Å²) < 4.78 is 5.54. The van der Waals surface area contributed by atoms with E-state index in [1.54, 1.807) is 6.92 Å². The lowest BCUT2D eigenvalue weighted by Gasteiger charge is -2.15. The molecule has 2 nitrogen and oxygen atoms in total. The molecule has 0 amide bonds. The molecular formula is C13H14O2. The zero-order valence-electron chi connectivity index (χ0n) is 8.82. The van der Waals surface area contributed by atoms with Crippen LogP contribution in [0.3, 0.4) is 0 Å². The Morgan fingerprint density at radius 2 is 2.00 bits per heavy atom. The van der Waals surface area contributed by atoms with Gasteiger partial charge < -0.3 is 4.74 Å². The molecule has 2 rings (SSSR count). The maximum Gasteiger partial charge on any atom is 0.159 e. The molecule has 0 N–H and O–H groups in total. The second-order valence-electron chi connectivity index (χ2n) is 3.69. The molecule has 0 radical (unpaired) electrons. The van der Waals surface area contributed by atoms with Crippen LogP contribution in [0, 0.1) is 0 Å². The first-order valence-corrected chi connectivity index (χ1v) is 5.22. The first-order chi connectivity index (χ1) is 7.27. The molecule has 1 heterocycles. The zero-order chi connectivity index (χ0) is 10.7. The van der Waals surface area contributed by atoms with Crippen molar-refractivity contribution in [3.63, 3.8) is 0 Å². The van der Waals surface area contributed by atoms with Crippen molar-refractivity contribution in [2.75, 3.05) is 6.61 Å². The molecule has 0 spiro atoms. The van der Waals surface area contributed by atoms with Crippen LogP contribution in [-0.4, -0.2) is 12.4 Å². The fraction of sp³-hybridized carbons (Fsp3) is 0.308. The van der Waals surface area contributed by atoms with E-state index in [9.17, 15) is 4.79 Å². The second kappa shape index (κ2) is 4.30. The molecule has 0 aliphatic carbocycles.